The summed E-state index contributed by atoms with van der Waals surface area (Å²) in [6.45, 7) is 3.90. The first-order chi connectivity index (χ1) is 14.5. The number of nitrogens with one attached hydrogen (secondary N) is 1. The van der Waals surface area contributed by atoms with Crippen molar-refractivity contribution in [2.75, 3.05) is 6.61 Å². The summed E-state index contributed by atoms with van der Waals surface area (Å²) in [5, 5.41) is 2.68. The fourth-order valence-electron chi connectivity index (χ4n) is 2.46. The van der Waals surface area contributed by atoms with Gasteiger partial charge in [-0.3, -0.25) is 14.6 Å². The predicted molar refractivity (Wildman–Crippen MR) is 104 cm³/mol. The fraction of sp³-hybridized carbons (Fsp3) is 0.429. The van der Waals surface area contributed by atoms with Crippen LogP contribution >= 0.6 is 0 Å². The molecule has 0 aliphatic rings. The van der Waals surface area contributed by atoms with Crippen molar-refractivity contribution in [2.24, 2.45) is 5.92 Å². The Balaban J connectivity index is 1.95. The number of hydrogen-bond donors (Lipinski definition) is 1. The van der Waals surface area contributed by atoms with Crippen LogP contribution in [0.4, 0.5) is 17.6 Å². The summed E-state index contributed by atoms with van der Waals surface area (Å²) in [6.07, 6.45) is -2.42. The second-order valence-electron chi connectivity index (χ2n) is 7.32. The fourth-order valence-corrected chi connectivity index (χ4v) is 2.46. The van der Waals surface area contributed by atoms with Crippen LogP contribution < -0.4 is 10.1 Å². The minimum absolute atomic E-state index is 0.0177. The average molecular weight is 441 g/mol. The lowest BCUT2D eigenvalue weighted by Crippen LogP contribution is -2.33. The van der Waals surface area contributed by atoms with Crippen LogP contribution in [0.15, 0.2) is 30.5 Å². The van der Waals surface area contributed by atoms with E-state index < -0.39 is 19.0 Å². The molecule has 0 aliphatic heterocycles. The summed E-state index contributed by atoms with van der Waals surface area (Å²) in [5.74, 6) is -5.01. The molecule has 0 saturated heterocycles. The number of aromatic nitrogens is 2. The Morgan fingerprint density at radius 1 is 1.19 bits per heavy atom. The number of halogens is 4. The lowest BCUT2D eigenvalue weighted by molar-refractivity contribution is -0.148. The van der Waals surface area contributed by atoms with E-state index in [2.05, 4.69) is 20.0 Å². The van der Waals surface area contributed by atoms with Gasteiger partial charge in [-0.1, -0.05) is 19.9 Å². The molecule has 6 nitrogen and oxygen atoms in total. The van der Waals surface area contributed by atoms with Crippen LogP contribution in [-0.4, -0.2) is 40.6 Å². The Labute approximate surface area is 177 Å². The zero-order chi connectivity index (χ0) is 23.2. The van der Waals surface area contributed by atoms with Crippen LogP contribution in [0.2, 0.25) is 0 Å². The maximum Gasteiger partial charge on any atom is 0.340 e. The molecule has 0 aromatic carbocycles. The van der Waals surface area contributed by atoms with Gasteiger partial charge in [-0.15, -0.1) is 0 Å². The molecule has 0 radical (unpaired) electrons. The van der Waals surface area contributed by atoms with Crippen molar-refractivity contribution >= 4 is 11.7 Å². The van der Waals surface area contributed by atoms with Gasteiger partial charge >= 0.3 is 12.3 Å². The number of alkyl halides is 4. The summed E-state index contributed by atoms with van der Waals surface area (Å²) in [6, 6.07) is 5.86. The molecule has 2 rings (SSSR count). The van der Waals surface area contributed by atoms with E-state index in [1.54, 1.807) is 32.9 Å². The van der Waals surface area contributed by atoms with Gasteiger partial charge in [-0.2, -0.15) is 8.78 Å². The molecule has 1 N–H and O–H groups in total. The number of pyridine rings is 2. The number of carbonyl (C=O) groups is 2. The molecular weight excluding hydrogens is 418 g/mol. The SMILES string of the molecule is Cc1cc(C(=O)NCc2ccc(OCC(F)(F)C(F)F)nc2)cc(CC(=O)C(C)C)n1. The number of aryl methyl sites for hydroxylation is 1. The lowest BCUT2D eigenvalue weighted by Gasteiger charge is -2.15. The molecule has 0 aliphatic carbocycles. The van der Waals surface area contributed by atoms with Crippen molar-refractivity contribution in [3.05, 3.63) is 53.0 Å². The lowest BCUT2D eigenvalue weighted by atomic mass is 10.0. The molecule has 0 saturated carbocycles. The number of carbonyl (C=O) groups excluding carboxylic acids is 2. The van der Waals surface area contributed by atoms with Gasteiger partial charge in [-0.05, 0) is 24.6 Å². The molecule has 10 heteroatoms. The van der Waals surface area contributed by atoms with Crippen LogP contribution in [0, 0.1) is 12.8 Å². The first kappa shape index (κ1) is 24.2. The Bertz CT molecular complexity index is 919. The zero-order valence-corrected chi connectivity index (χ0v) is 17.3. The first-order valence-corrected chi connectivity index (χ1v) is 9.50. The zero-order valence-electron chi connectivity index (χ0n) is 17.3. The molecule has 2 aromatic heterocycles. The van der Waals surface area contributed by atoms with Crippen LogP contribution in [0.25, 0.3) is 0 Å². The largest absolute Gasteiger partial charge is 0.471 e. The molecule has 2 aromatic rings. The van der Waals surface area contributed by atoms with Crippen molar-refractivity contribution in [1.29, 1.82) is 0 Å². The van der Waals surface area contributed by atoms with E-state index >= 15 is 0 Å². The number of ketones is 1. The smallest absolute Gasteiger partial charge is 0.340 e. The molecular formula is C21H23F4N3O3. The highest BCUT2D eigenvalue weighted by Gasteiger charge is 2.41. The van der Waals surface area contributed by atoms with E-state index in [4.69, 9.17) is 0 Å². The average Bonchev–Trinajstić information content (AvgIpc) is 2.70. The van der Waals surface area contributed by atoms with Gasteiger partial charge in [0.05, 0.1) is 0 Å². The Morgan fingerprint density at radius 3 is 2.48 bits per heavy atom. The van der Waals surface area contributed by atoms with E-state index in [0.29, 0.717) is 22.5 Å². The maximum absolute atomic E-state index is 12.9. The second kappa shape index (κ2) is 10.3. The summed E-state index contributed by atoms with van der Waals surface area (Å²) in [7, 11) is 0. The van der Waals surface area contributed by atoms with Gasteiger partial charge in [0.25, 0.3) is 5.91 Å². The summed E-state index contributed by atoms with van der Waals surface area (Å²) in [4.78, 5) is 32.5. The van der Waals surface area contributed by atoms with Gasteiger partial charge in [0.15, 0.2) is 6.61 Å². The van der Waals surface area contributed by atoms with E-state index in [1.165, 1.54) is 18.3 Å². The third kappa shape index (κ3) is 7.30. The van der Waals surface area contributed by atoms with E-state index in [-0.39, 0.29) is 36.5 Å². The highest BCUT2D eigenvalue weighted by Crippen LogP contribution is 2.23. The van der Waals surface area contributed by atoms with Gasteiger partial charge in [0, 0.05) is 48.1 Å². The molecule has 0 atom stereocenters. The third-order valence-corrected chi connectivity index (χ3v) is 4.25. The molecule has 31 heavy (non-hydrogen) atoms. The number of ether oxygens (including phenoxy) is 1. The summed E-state index contributed by atoms with van der Waals surface area (Å²) >= 11 is 0. The van der Waals surface area contributed by atoms with Crippen LogP contribution in [0.5, 0.6) is 5.88 Å². The topological polar surface area (TPSA) is 81.2 Å². The van der Waals surface area contributed by atoms with E-state index in [1.807, 2.05) is 0 Å². The Morgan fingerprint density at radius 2 is 1.90 bits per heavy atom. The summed E-state index contributed by atoms with van der Waals surface area (Å²) < 4.78 is 54.6. The molecule has 0 unspecified atom stereocenters. The van der Waals surface area contributed by atoms with Gasteiger partial charge < -0.3 is 10.1 Å². The highest BCUT2D eigenvalue weighted by atomic mass is 19.3. The molecule has 168 valence electrons. The number of Topliss-reactive ketones (excluding diaryl/α,β-unsaturated/α-hetero) is 1. The van der Waals surface area contributed by atoms with E-state index in [0.717, 1.165) is 0 Å². The normalized spacial score (nSPS) is 11.6. The number of amides is 1. The minimum Gasteiger partial charge on any atom is -0.471 e. The van der Waals surface area contributed by atoms with E-state index in [9.17, 15) is 27.2 Å². The standard InChI is InChI=1S/C21H23F4N3O3/c1-12(2)17(29)8-16-7-15(6-13(3)28-16)19(30)27-10-14-4-5-18(26-9-14)31-11-21(24,25)20(22)23/h4-7,9,12,20H,8,10-11H2,1-3H3,(H,27,30). The highest BCUT2D eigenvalue weighted by molar-refractivity contribution is 5.94. The second-order valence-corrected chi connectivity index (χ2v) is 7.32. The van der Waals surface area contributed by atoms with Gasteiger partial charge in [0.2, 0.25) is 5.88 Å². The number of nitrogens with zero attached hydrogens (tertiary/aromatic N) is 2. The molecule has 1 amide bonds. The minimum atomic E-state index is -4.27. The molecule has 0 bridgehead atoms. The molecule has 2 heterocycles. The van der Waals surface area contributed by atoms with Gasteiger partial charge in [0.1, 0.15) is 5.78 Å². The number of rotatable bonds is 10. The first-order valence-electron chi connectivity index (χ1n) is 9.50. The van der Waals surface area contributed by atoms with Crippen molar-refractivity contribution in [1.82, 2.24) is 15.3 Å². The van der Waals surface area contributed by atoms with Crippen LogP contribution in [0.1, 0.15) is 41.2 Å². The Hall–Kier alpha value is -3.04. The monoisotopic (exact) mass is 441 g/mol. The predicted octanol–water partition coefficient (Wildman–Crippen LogP) is 3.76. The number of hydrogen-bond acceptors (Lipinski definition) is 5. The van der Waals surface area contributed by atoms with Crippen LogP contribution in [0.3, 0.4) is 0 Å². The van der Waals surface area contributed by atoms with Crippen molar-refractivity contribution in [3.8, 4) is 5.88 Å². The van der Waals surface area contributed by atoms with Crippen molar-refractivity contribution < 1.29 is 31.9 Å². The van der Waals surface area contributed by atoms with Crippen molar-refractivity contribution in [2.45, 2.75) is 46.1 Å². The Kier molecular flexibility index (Phi) is 8.07. The molecule has 0 fully saturated rings. The van der Waals surface area contributed by atoms with Crippen LogP contribution in [-0.2, 0) is 17.8 Å². The quantitative estimate of drug-likeness (QED) is 0.568. The maximum atomic E-state index is 12.9. The van der Waals surface area contributed by atoms with Gasteiger partial charge in [-0.25, -0.2) is 13.8 Å². The van der Waals surface area contributed by atoms with Crippen molar-refractivity contribution in [3.63, 3.8) is 0 Å². The summed E-state index contributed by atoms with van der Waals surface area (Å²) in [5.41, 5.74) is 2.00. The third-order valence-electron chi connectivity index (χ3n) is 4.25. The molecule has 0 spiro atoms.